The molecule has 0 atom stereocenters. The highest BCUT2D eigenvalue weighted by Crippen LogP contribution is 2.23. The van der Waals surface area contributed by atoms with Gasteiger partial charge in [0.25, 0.3) is 11.6 Å². The number of carbonyl (C=O) groups is 1. The number of amides is 1. The van der Waals surface area contributed by atoms with Crippen molar-refractivity contribution in [3.8, 4) is 0 Å². The second kappa shape index (κ2) is 7.10. The zero-order valence-electron chi connectivity index (χ0n) is 12.6. The summed E-state index contributed by atoms with van der Waals surface area (Å²) in [4.78, 5) is 26.2. The van der Waals surface area contributed by atoms with Crippen molar-refractivity contribution in [1.29, 1.82) is 0 Å². The summed E-state index contributed by atoms with van der Waals surface area (Å²) in [6.45, 7) is 0.701. The number of nitro benzene ring substituents is 1. The number of hydrogen-bond donors (Lipinski definition) is 0. The van der Waals surface area contributed by atoms with Gasteiger partial charge in [0, 0.05) is 23.1 Å². The van der Waals surface area contributed by atoms with Gasteiger partial charge in [0.2, 0.25) is 0 Å². The summed E-state index contributed by atoms with van der Waals surface area (Å²) in [6, 6.07) is 11.6. The Kier molecular flexibility index (Phi) is 4.72. The van der Waals surface area contributed by atoms with E-state index >= 15 is 0 Å². The number of carbonyl (C=O) groups excluding carboxylic acids is 1. The van der Waals surface area contributed by atoms with Crippen LogP contribution in [0.5, 0.6) is 0 Å². The third-order valence-electron chi connectivity index (χ3n) is 3.50. The SMILES string of the molecule is O=C(c1ccccc1[N+](=O)[O-])N(Cc1ccoc1)Cc1cccs1. The highest BCUT2D eigenvalue weighted by molar-refractivity contribution is 7.09. The molecule has 0 fully saturated rings. The van der Waals surface area contributed by atoms with E-state index < -0.39 is 4.92 Å². The quantitative estimate of drug-likeness (QED) is 0.499. The molecule has 0 aliphatic rings. The van der Waals surface area contributed by atoms with E-state index in [0.717, 1.165) is 10.4 Å². The largest absolute Gasteiger partial charge is 0.472 e. The Morgan fingerprint density at radius 1 is 1.17 bits per heavy atom. The number of rotatable bonds is 6. The fraction of sp³-hybridized carbons (Fsp3) is 0.118. The van der Waals surface area contributed by atoms with Crippen LogP contribution in [0.3, 0.4) is 0 Å². The summed E-state index contributed by atoms with van der Waals surface area (Å²) in [5, 5.41) is 13.1. The van der Waals surface area contributed by atoms with Crippen LogP contribution in [0.25, 0.3) is 0 Å². The molecule has 0 N–H and O–H groups in total. The van der Waals surface area contributed by atoms with Crippen LogP contribution in [0.2, 0.25) is 0 Å². The van der Waals surface area contributed by atoms with Gasteiger partial charge in [-0.3, -0.25) is 14.9 Å². The zero-order valence-corrected chi connectivity index (χ0v) is 13.4. The molecule has 0 saturated heterocycles. The van der Waals surface area contributed by atoms with E-state index in [1.54, 1.807) is 29.4 Å². The number of benzene rings is 1. The van der Waals surface area contributed by atoms with Crippen molar-refractivity contribution >= 4 is 22.9 Å². The molecule has 0 spiro atoms. The molecule has 0 aliphatic carbocycles. The van der Waals surface area contributed by atoms with Crippen molar-refractivity contribution in [2.24, 2.45) is 0 Å². The van der Waals surface area contributed by atoms with Crippen LogP contribution in [-0.2, 0) is 13.1 Å². The molecule has 2 heterocycles. The van der Waals surface area contributed by atoms with Gasteiger partial charge in [-0.15, -0.1) is 11.3 Å². The molecule has 1 amide bonds. The standard InChI is InChI=1S/C17H14N2O4S/c20-17(15-5-1-2-6-16(15)19(21)22)18(10-13-7-8-23-12-13)11-14-4-3-9-24-14/h1-9,12H,10-11H2. The second-order valence-corrected chi connectivity index (χ2v) is 6.18. The minimum absolute atomic E-state index is 0.0857. The smallest absolute Gasteiger partial charge is 0.282 e. The minimum Gasteiger partial charge on any atom is -0.472 e. The molecular formula is C17H14N2O4S. The van der Waals surface area contributed by atoms with Crippen molar-refractivity contribution in [2.45, 2.75) is 13.1 Å². The lowest BCUT2D eigenvalue weighted by Gasteiger charge is -2.21. The molecule has 7 heteroatoms. The Balaban J connectivity index is 1.92. The maximum atomic E-state index is 12.9. The molecule has 6 nitrogen and oxygen atoms in total. The van der Waals surface area contributed by atoms with E-state index in [1.807, 2.05) is 17.5 Å². The topological polar surface area (TPSA) is 76.6 Å². The van der Waals surface area contributed by atoms with Crippen molar-refractivity contribution in [3.63, 3.8) is 0 Å². The maximum Gasteiger partial charge on any atom is 0.282 e. The third kappa shape index (κ3) is 3.52. The lowest BCUT2D eigenvalue weighted by atomic mass is 10.1. The van der Waals surface area contributed by atoms with Crippen molar-refractivity contribution in [3.05, 3.63) is 86.5 Å². The molecule has 0 saturated carbocycles. The minimum atomic E-state index is -0.533. The molecule has 0 unspecified atom stereocenters. The first-order valence-electron chi connectivity index (χ1n) is 7.21. The van der Waals surface area contributed by atoms with E-state index in [-0.39, 0.29) is 17.2 Å². The van der Waals surface area contributed by atoms with Gasteiger partial charge < -0.3 is 9.32 Å². The molecule has 2 aromatic heterocycles. The number of furan rings is 1. The Morgan fingerprint density at radius 2 is 2.00 bits per heavy atom. The van der Waals surface area contributed by atoms with Gasteiger partial charge in [-0.25, -0.2) is 0 Å². The highest BCUT2D eigenvalue weighted by atomic mass is 32.1. The molecule has 3 rings (SSSR count). The van der Waals surface area contributed by atoms with Gasteiger partial charge in [0.15, 0.2) is 0 Å². The van der Waals surface area contributed by atoms with E-state index in [1.165, 1.54) is 29.7 Å². The normalized spacial score (nSPS) is 10.5. The number of thiophene rings is 1. The van der Waals surface area contributed by atoms with Gasteiger partial charge >= 0.3 is 0 Å². The lowest BCUT2D eigenvalue weighted by Crippen LogP contribution is -2.30. The number of para-hydroxylation sites is 1. The molecule has 0 bridgehead atoms. The summed E-state index contributed by atoms with van der Waals surface area (Å²) >= 11 is 1.54. The van der Waals surface area contributed by atoms with Crippen molar-refractivity contribution < 1.29 is 14.1 Å². The van der Waals surface area contributed by atoms with Crippen LogP contribution in [-0.4, -0.2) is 15.7 Å². The third-order valence-corrected chi connectivity index (χ3v) is 4.36. The summed E-state index contributed by atoms with van der Waals surface area (Å²) < 4.78 is 5.05. The summed E-state index contributed by atoms with van der Waals surface area (Å²) in [6.07, 6.45) is 3.10. The van der Waals surface area contributed by atoms with E-state index in [4.69, 9.17) is 4.42 Å². The van der Waals surface area contributed by atoms with E-state index in [0.29, 0.717) is 13.1 Å². The zero-order chi connectivity index (χ0) is 16.9. The second-order valence-electron chi connectivity index (χ2n) is 5.15. The number of hydrogen-bond acceptors (Lipinski definition) is 5. The Labute approximate surface area is 142 Å². The predicted molar refractivity (Wildman–Crippen MR) is 89.7 cm³/mol. The Hall–Kier alpha value is -2.93. The molecule has 0 aliphatic heterocycles. The first kappa shape index (κ1) is 15.9. The van der Waals surface area contributed by atoms with Crippen LogP contribution in [0, 0.1) is 10.1 Å². The van der Waals surface area contributed by atoms with Crippen molar-refractivity contribution in [2.75, 3.05) is 0 Å². The monoisotopic (exact) mass is 342 g/mol. The van der Waals surface area contributed by atoms with Gasteiger partial charge in [-0.2, -0.15) is 0 Å². The van der Waals surface area contributed by atoms with Gasteiger partial charge in [0.05, 0.1) is 24.0 Å². The van der Waals surface area contributed by atoms with Crippen LogP contribution < -0.4 is 0 Å². The fourth-order valence-corrected chi connectivity index (χ4v) is 3.10. The molecule has 122 valence electrons. The Morgan fingerprint density at radius 3 is 2.67 bits per heavy atom. The first-order valence-corrected chi connectivity index (χ1v) is 8.09. The first-order chi connectivity index (χ1) is 11.6. The Bertz CT molecular complexity index is 792. The van der Waals surface area contributed by atoms with Gasteiger partial charge in [0.1, 0.15) is 5.56 Å². The summed E-state index contributed by atoms with van der Waals surface area (Å²) in [5.41, 5.74) is 0.729. The molecule has 0 radical (unpaired) electrons. The van der Waals surface area contributed by atoms with Crippen molar-refractivity contribution in [1.82, 2.24) is 4.90 Å². The van der Waals surface area contributed by atoms with E-state index in [9.17, 15) is 14.9 Å². The maximum absolute atomic E-state index is 12.9. The number of nitrogens with zero attached hydrogens (tertiary/aromatic N) is 2. The van der Waals surface area contributed by atoms with Crippen LogP contribution in [0.15, 0.2) is 64.8 Å². The van der Waals surface area contributed by atoms with Gasteiger partial charge in [-0.1, -0.05) is 18.2 Å². The molecule has 1 aromatic carbocycles. The summed E-state index contributed by atoms with van der Waals surface area (Å²) in [7, 11) is 0. The molecule has 3 aromatic rings. The molecule has 24 heavy (non-hydrogen) atoms. The van der Waals surface area contributed by atoms with Crippen LogP contribution in [0.1, 0.15) is 20.8 Å². The van der Waals surface area contributed by atoms with Gasteiger partial charge in [-0.05, 0) is 23.6 Å². The highest BCUT2D eigenvalue weighted by Gasteiger charge is 2.25. The predicted octanol–water partition coefficient (Wildman–Crippen LogP) is 4.09. The fourth-order valence-electron chi connectivity index (χ4n) is 2.38. The average molecular weight is 342 g/mol. The molecular weight excluding hydrogens is 328 g/mol. The van der Waals surface area contributed by atoms with E-state index in [2.05, 4.69) is 0 Å². The average Bonchev–Trinajstić information content (AvgIpc) is 3.27. The van der Waals surface area contributed by atoms with Crippen LogP contribution in [0.4, 0.5) is 5.69 Å². The van der Waals surface area contributed by atoms with Crippen LogP contribution >= 0.6 is 11.3 Å². The lowest BCUT2D eigenvalue weighted by molar-refractivity contribution is -0.385. The number of nitro groups is 1. The summed E-state index contributed by atoms with van der Waals surface area (Å²) in [5.74, 6) is -0.378.